The molecule has 2 amide bonds. The van der Waals surface area contributed by atoms with Gasteiger partial charge in [0.25, 0.3) is 5.91 Å². The van der Waals surface area contributed by atoms with E-state index in [2.05, 4.69) is 5.32 Å². The zero-order chi connectivity index (χ0) is 25.2. The van der Waals surface area contributed by atoms with Crippen molar-refractivity contribution in [2.45, 2.75) is 32.9 Å². The summed E-state index contributed by atoms with van der Waals surface area (Å²) in [6.45, 7) is 4.44. The van der Waals surface area contributed by atoms with E-state index in [0.717, 1.165) is 11.1 Å². The van der Waals surface area contributed by atoms with Crippen molar-refractivity contribution in [1.82, 2.24) is 10.2 Å². The van der Waals surface area contributed by atoms with Crippen LogP contribution in [0, 0.1) is 11.7 Å². The first-order valence-electron chi connectivity index (χ1n) is 11.6. The van der Waals surface area contributed by atoms with Gasteiger partial charge in [-0.15, -0.1) is 0 Å². The van der Waals surface area contributed by atoms with Crippen LogP contribution in [-0.2, 0) is 22.6 Å². The second-order valence-corrected chi connectivity index (χ2v) is 9.17. The maximum atomic E-state index is 13.4. The molecule has 0 spiro atoms. The van der Waals surface area contributed by atoms with Crippen molar-refractivity contribution in [2.75, 3.05) is 13.2 Å². The van der Waals surface area contributed by atoms with Crippen LogP contribution in [0.1, 0.15) is 25.0 Å². The summed E-state index contributed by atoms with van der Waals surface area (Å²) in [6, 6.07) is 21.4. The molecule has 0 aliphatic heterocycles. The number of nitrogens with one attached hydrogen (secondary N) is 1. The first kappa shape index (κ1) is 26.2. The van der Waals surface area contributed by atoms with Gasteiger partial charge >= 0.3 is 0 Å². The zero-order valence-electron chi connectivity index (χ0n) is 19.9. The van der Waals surface area contributed by atoms with E-state index in [1.54, 1.807) is 12.1 Å². The first-order chi connectivity index (χ1) is 16.8. The Morgan fingerprint density at radius 3 is 2.23 bits per heavy atom. The quantitative estimate of drug-likeness (QED) is 0.393. The lowest BCUT2D eigenvalue weighted by atomic mass is 10.0. The summed E-state index contributed by atoms with van der Waals surface area (Å²) in [5.41, 5.74) is 1.77. The van der Waals surface area contributed by atoms with Crippen LogP contribution in [0.25, 0.3) is 0 Å². The Bertz CT molecular complexity index is 1090. The summed E-state index contributed by atoms with van der Waals surface area (Å²) in [5, 5.41) is 3.56. The highest BCUT2D eigenvalue weighted by Gasteiger charge is 2.30. The van der Waals surface area contributed by atoms with E-state index in [-0.39, 0.29) is 30.9 Å². The van der Waals surface area contributed by atoms with Gasteiger partial charge in [-0.1, -0.05) is 67.9 Å². The van der Waals surface area contributed by atoms with Crippen LogP contribution >= 0.6 is 11.6 Å². The van der Waals surface area contributed by atoms with Crippen molar-refractivity contribution in [3.05, 3.63) is 101 Å². The summed E-state index contributed by atoms with van der Waals surface area (Å²) < 4.78 is 18.9. The third-order valence-corrected chi connectivity index (χ3v) is 5.65. The van der Waals surface area contributed by atoms with Gasteiger partial charge in [0.2, 0.25) is 5.91 Å². The standard InChI is InChI=1S/C28H30ClFN2O3/c1-20(2)17-31-28(34)26(16-21-6-4-3-5-7-21)32(18-22-8-10-23(29)11-9-22)27(33)19-35-25-14-12-24(30)13-15-25/h3-15,20,26H,16-19H2,1-2H3,(H,31,34)/t26-/m1/s1. The van der Waals surface area contributed by atoms with Crippen LogP contribution in [0.4, 0.5) is 4.39 Å². The number of carbonyl (C=O) groups is 2. The number of ether oxygens (including phenoxy) is 1. The van der Waals surface area contributed by atoms with Gasteiger partial charge in [0.1, 0.15) is 17.6 Å². The maximum absolute atomic E-state index is 13.4. The molecule has 0 fully saturated rings. The molecule has 35 heavy (non-hydrogen) atoms. The first-order valence-corrected chi connectivity index (χ1v) is 11.9. The molecule has 0 unspecified atom stereocenters. The number of rotatable bonds is 11. The summed E-state index contributed by atoms with van der Waals surface area (Å²) in [6.07, 6.45) is 0.348. The molecule has 0 aliphatic carbocycles. The number of amides is 2. The van der Waals surface area contributed by atoms with E-state index in [9.17, 15) is 14.0 Å². The molecule has 0 heterocycles. The van der Waals surface area contributed by atoms with Gasteiger partial charge in [-0.2, -0.15) is 0 Å². The Balaban J connectivity index is 1.88. The van der Waals surface area contributed by atoms with Gasteiger partial charge in [-0.25, -0.2) is 4.39 Å². The number of benzene rings is 3. The molecule has 0 aromatic heterocycles. The van der Waals surface area contributed by atoms with Gasteiger partial charge in [0.05, 0.1) is 0 Å². The molecule has 7 heteroatoms. The van der Waals surface area contributed by atoms with E-state index in [1.165, 1.54) is 29.2 Å². The highest BCUT2D eigenvalue weighted by atomic mass is 35.5. The average Bonchev–Trinajstić information content (AvgIpc) is 2.86. The van der Waals surface area contributed by atoms with Crippen LogP contribution in [0.5, 0.6) is 5.75 Å². The SMILES string of the molecule is CC(C)CNC(=O)[C@@H](Cc1ccccc1)N(Cc1ccc(Cl)cc1)C(=O)COc1ccc(F)cc1. The molecule has 0 aliphatic rings. The minimum Gasteiger partial charge on any atom is -0.484 e. The fourth-order valence-corrected chi connectivity index (χ4v) is 3.65. The molecule has 3 aromatic carbocycles. The number of hydrogen-bond acceptors (Lipinski definition) is 3. The smallest absolute Gasteiger partial charge is 0.261 e. The Kier molecular flexibility index (Phi) is 9.67. The van der Waals surface area contributed by atoms with E-state index in [0.29, 0.717) is 23.7 Å². The van der Waals surface area contributed by atoms with Gasteiger partial charge in [0.15, 0.2) is 6.61 Å². The minimum absolute atomic E-state index is 0.204. The number of carbonyl (C=O) groups excluding carboxylic acids is 2. The van der Waals surface area contributed by atoms with E-state index in [1.807, 2.05) is 56.3 Å². The molecule has 0 bridgehead atoms. The van der Waals surface area contributed by atoms with Crippen LogP contribution in [0.3, 0.4) is 0 Å². The van der Waals surface area contributed by atoms with E-state index in [4.69, 9.17) is 16.3 Å². The largest absolute Gasteiger partial charge is 0.484 e. The van der Waals surface area contributed by atoms with E-state index >= 15 is 0 Å². The average molecular weight is 497 g/mol. The van der Waals surface area contributed by atoms with Gasteiger partial charge in [0, 0.05) is 24.5 Å². The highest BCUT2D eigenvalue weighted by Crippen LogP contribution is 2.18. The topological polar surface area (TPSA) is 58.6 Å². The fraction of sp³-hybridized carbons (Fsp3) is 0.286. The molecule has 0 saturated carbocycles. The van der Waals surface area contributed by atoms with Crippen LogP contribution < -0.4 is 10.1 Å². The van der Waals surface area contributed by atoms with Crippen molar-refractivity contribution in [1.29, 1.82) is 0 Å². The molecule has 5 nitrogen and oxygen atoms in total. The van der Waals surface area contributed by atoms with Gasteiger partial charge < -0.3 is 15.0 Å². The van der Waals surface area contributed by atoms with Crippen molar-refractivity contribution in [2.24, 2.45) is 5.92 Å². The summed E-state index contributed by atoms with van der Waals surface area (Å²) in [5.74, 6) is -0.344. The zero-order valence-corrected chi connectivity index (χ0v) is 20.7. The molecule has 1 atom stereocenters. The van der Waals surface area contributed by atoms with E-state index < -0.39 is 11.9 Å². The van der Waals surface area contributed by atoms with Gasteiger partial charge in [-0.05, 0) is 53.4 Å². The number of nitrogens with zero attached hydrogens (tertiary/aromatic N) is 1. The van der Waals surface area contributed by atoms with Crippen LogP contribution in [0.15, 0.2) is 78.9 Å². The third-order valence-electron chi connectivity index (χ3n) is 5.40. The number of hydrogen-bond donors (Lipinski definition) is 1. The predicted octanol–water partition coefficient (Wildman–Crippen LogP) is 5.27. The molecular formula is C28H30ClFN2O3. The Morgan fingerprint density at radius 1 is 0.943 bits per heavy atom. The normalized spacial score (nSPS) is 11.7. The lowest BCUT2D eigenvalue weighted by Gasteiger charge is -2.31. The monoisotopic (exact) mass is 496 g/mol. The summed E-state index contributed by atoms with van der Waals surface area (Å²) >= 11 is 6.04. The van der Waals surface area contributed by atoms with Crippen molar-refractivity contribution >= 4 is 23.4 Å². The minimum atomic E-state index is -0.754. The van der Waals surface area contributed by atoms with Crippen molar-refractivity contribution in [3.63, 3.8) is 0 Å². The fourth-order valence-electron chi connectivity index (χ4n) is 3.52. The Morgan fingerprint density at radius 2 is 1.60 bits per heavy atom. The van der Waals surface area contributed by atoms with Gasteiger partial charge in [-0.3, -0.25) is 9.59 Å². The second-order valence-electron chi connectivity index (χ2n) is 8.74. The van der Waals surface area contributed by atoms with Crippen molar-refractivity contribution in [3.8, 4) is 5.75 Å². The number of halogens is 2. The molecule has 1 N–H and O–H groups in total. The highest BCUT2D eigenvalue weighted by molar-refractivity contribution is 6.30. The maximum Gasteiger partial charge on any atom is 0.261 e. The summed E-state index contributed by atoms with van der Waals surface area (Å²) in [4.78, 5) is 28.3. The molecular weight excluding hydrogens is 467 g/mol. The molecule has 3 aromatic rings. The molecule has 3 rings (SSSR count). The lowest BCUT2D eigenvalue weighted by Crippen LogP contribution is -2.52. The van der Waals surface area contributed by atoms with Crippen LogP contribution in [0.2, 0.25) is 5.02 Å². The molecule has 0 radical (unpaired) electrons. The Labute approximate surface area is 210 Å². The predicted molar refractivity (Wildman–Crippen MR) is 136 cm³/mol. The summed E-state index contributed by atoms with van der Waals surface area (Å²) in [7, 11) is 0. The molecule has 184 valence electrons. The van der Waals surface area contributed by atoms with Crippen molar-refractivity contribution < 1.29 is 18.7 Å². The third kappa shape index (κ3) is 8.41. The lowest BCUT2D eigenvalue weighted by molar-refractivity contribution is -0.142. The van der Waals surface area contributed by atoms with Crippen LogP contribution in [-0.4, -0.2) is 35.9 Å². The molecule has 0 saturated heterocycles. The second kappa shape index (κ2) is 12.9. The Hall–Kier alpha value is -3.38.